The maximum absolute atomic E-state index is 5.06. The van der Waals surface area contributed by atoms with E-state index in [1.54, 1.807) is 0 Å². The Hall–Kier alpha value is -6.12. The second kappa shape index (κ2) is 17.2. The van der Waals surface area contributed by atoms with Gasteiger partial charge >= 0.3 is 0 Å². The summed E-state index contributed by atoms with van der Waals surface area (Å²) in [6, 6.07) is 31.9. The van der Waals surface area contributed by atoms with Crippen LogP contribution in [0.1, 0.15) is 76.4 Å². The Morgan fingerprint density at radius 2 is 1.44 bits per heavy atom. The summed E-state index contributed by atoms with van der Waals surface area (Å²) in [6.07, 6.45) is 18.6. The number of nitrogens with zero attached hydrogens (tertiary/aromatic N) is 2. The molecule has 0 atom stereocenters. The Morgan fingerprint density at radius 3 is 2.15 bits per heavy atom. The predicted molar refractivity (Wildman–Crippen MR) is 230 cm³/mol. The predicted octanol–water partition coefficient (Wildman–Crippen LogP) is 11.9. The van der Waals surface area contributed by atoms with E-state index in [1.165, 1.54) is 16.7 Å². The van der Waals surface area contributed by atoms with Gasteiger partial charge in [0.1, 0.15) is 0 Å². The second-order valence-corrected chi connectivity index (χ2v) is 13.1. The number of aromatic nitrogens is 1. The van der Waals surface area contributed by atoms with Crippen molar-refractivity contribution in [2.45, 2.75) is 41.5 Å². The summed E-state index contributed by atoms with van der Waals surface area (Å²) in [7, 11) is 0. The van der Waals surface area contributed by atoms with E-state index in [0.717, 1.165) is 71.8 Å². The third-order valence-corrected chi connectivity index (χ3v) is 9.29. The molecule has 0 N–H and O–H groups in total. The highest BCUT2D eigenvalue weighted by Gasteiger charge is 2.14. The summed E-state index contributed by atoms with van der Waals surface area (Å²) in [6.45, 7) is 25.3. The lowest BCUT2D eigenvalue weighted by Gasteiger charge is -2.16. The van der Waals surface area contributed by atoms with Crippen LogP contribution in [0.4, 0.5) is 5.82 Å². The van der Waals surface area contributed by atoms with Crippen molar-refractivity contribution in [3.8, 4) is 0 Å². The quantitative estimate of drug-likeness (QED) is 0.101. The van der Waals surface area contributed by atoms with E-state index in [0.29, 0.717) is 5.82 Å². The van der Waals surface area contributed by atoms with Crippen molar-refractivity contribution in [1.29, 1.82) is 0 Å². The molecule has 52 heavy (non-hydrogen) atoms. The van der Waals surface area contributed by atoms with Crippen molar-refractivity contribution in [2.75, 3.05) is 0 Å². The Kier molecular flexibility index (Phi) is 12.3. The molecule has 0 aliphatic rings. The van der Waals surface area contributed by atoms with Crippen LogP contribution in [0.2, 0.25) is 0 Å². The van der Waals surface area contributed by atoms with Gasteiger partial charge in [0.2, 0.25) is 0 Å². The molecule has 5 aromatic rings. The fourth-order valence-electron chi connectivity index (χ4n) is 6.16. The molecule has 0 aliphatic heterocycles. The molecule has 0 aliphatic carbocycles. The van der Waals surface area contributed by atoms with Crippen LogP contribution in [-0.2, 0) is 0 Å². The van der Waals surface area contributed by atoms with Crippen molar-refractivity contribution in [1.82, 2.24) is 4.98 Å². The smallest absolute Gasteiger partial charge is 0.155 e. The second-order valence-electron chi connectivity index (χ2n) is 13.1. The minimum absolute atomic E-state index is 0.695. The Bertz CT molecular complexity index is 2410. The zero-order valence-electron chi connectivity index (χ0n) is 31.4. The molecule has 4 aromatic carbocycles. The molecule has 0 amide bonds. The number of hydrogen-bond acceptors (Lipinski definition) is 2. The number of hydrogen-bond donors (Lipinski definition) is 0. The molecule has 0 spiro atoms. The van der Waals surface area contributed by atoms with E-state index in [4.69, 9.17) is 9.98 Å². The highest BCUT2D eigenvalue weighted by atomic mass is 14.9. The van der Waals surface area contributed by atoms with Crippen molar-refractivity contribution in [3.63, 3.8) is 0 Å². The lowest BCUT2D eigenvalue weighted by atomic mass is 9.88. The fourth-order valence-corrected chi connectivity index (χ4v) is 6.16. The molecule has 0 unspecified atom stereocenters. The fraction of sp³-hybridized carbons (Fsp3) is 0.120. The van der Waals surface area contributed by atoms with Gasteiger partial charge in [0.05, 0.1) is 0 Å². The average molecular weight is 677 g/mol. The van der Waals surface area contributed by atoms with Gasteiger partial charge in [-0.25, -0.2) is 9.98 Å². The first-order valence-electron chi connectivity index (χ1n) is 17.7. The van der Waals surface area contributed by atoms with Crippen molar-refractivity contribution in [3.05, 3.63) is 201 Å². The molecule has 0 radical (unpaired) electrons. The highest BCUT2D eigenvalue weighted by Crippen LogP contribution is 2.33. The van der Waals surface area contributed by atoms with Crippen LogP contribution in [0.25, 0.3) is 47.6 Å². The average Bonchev–Trinajstić information content (AvgIpc) is 3.15. The monoisotopic (exact) mass is 676 g/mol. The van der Waals surface area contributed by atoms with E-state index in [9.17, 15) is 0 Å². The molecule has 0 bridgehead atoms. The lowest BCUT2D eigenvalue weighted by Crippen LogP contribution is -2.21. The molecule has 258 valence electrons. The van der Waals surface area contributed by atoms with E-state index < -0.39 is 0 Å². The van der Waals surface area contributed by atoms with Crippen LogP contribution < -0.4 is 10.4 Å². The van der Waals surface area contributed by atoms with Crippen LogP contribution in [0.3, 0.4) is 0 Å². The molecule has 0 saturated carbocycles. The van der Waals surface area contributed by atoms with Gasteiger partial charge in [0, 0.05) is 17.5 Å². The number of aliphatic imine (C=N–C) groups is 1. The standard InChI is InChI=1S/C50H48N2/c1-10-18-48-40(9)50(51-33-41(48)11-2)52-39(8)29-49(47-24-17-14-21-38(47)7)46-31-44(36(5)25-27-42-22-15-12-19-34(42)3)30-45(32-46)37(6)26-28-43-23-16-13-20-35(43)4/h10-33H,2-3,6H2,1,4-5,7-9H3/b18-10-,28-26-,36-25+,42-27-,49-29-,52-39?. The molecule has 0 saturated heterocycles. The van der Waals surface area contributed by atoms with Gasteiger partial charge in [0.25, 0.3) is 0 Å². The normalized spacial score (nSPS) is 13.0. The van der Waals surface area contributed by atoms with Crippen LogP contribution in [-0.4, -0.2) is 10.7 Å². The zero-order valence-corrected chi connectivity index (χ0v) is 31.4. The Balaban J connectivity index is 1.71. The Morgan fingerprint density at radius 1 is 0.769 bits per heavy atom. The van der Waals surface area contributed by atoms with Gasteiger partial charge in [-0.2, -0.15) is 0 Å². The number of aryl methyl sites for hydroxylation is 2. The summed E-state index contributed by atoms with van der Waals surface area (Å²) in [4.78, 5) is 9.79. The number of benzene rings is 4. The summed E-state index contributed by atoms with van der Waals surface area (Å²) < 4.78 is 0. The number of pyridine rings is 1. The van der Waals surface area contributed by atoms with E-state index in [2.05, 4.69) is 157 Å². The van der Waals surface area contributed by atoms with Gasteiger partial charge in [-0.05, 0) is 143 Å². The molecular formula is C50H48N2. The van der Waals surface area contributed by atoms with Gasteiger partial charge in [-0.3, -0.25) is 0 Å². The van der Waals surface area contributed by atoms with E-state index in [-0.39, 0.29) is 0 Å². The van der Waals surface area contributed by atoms with Crippen LogP contribution in [0, 0.1) is 20.8 Å². The molecule has 5 rings (SSSR count). The van der Waals surface area contributed by atoms with Crippen LogP contribution in [0.5, 0.6) is 0 Å². The summed E-state index contributed by atoms with van der Waals surface area (Å²) in [5, 5.41) is 2.09. The minimum atomic E-state index is 0.695. The van der Waals surface area contributed by atoms with Crippen LogP contribution in [0.15, 0.2) is 140 Å². The lowest BCUT2D eigenvalue weighted by molar-refractivity contribution is 1.21. The van der Waals surface area contributed by atoms with Gasteiger partial charge < -0.3 is 0 Å². The molecule has 2 heteroatoms. The third-order valence-electron chi connectivity index (χ3n) is 9.29. The Labute approximate surface area is 310 Å². The number of rotatable bonds is 11. The first kappa shape index (κ1) is 37.1. The number of allylic oxidation sites excluding steroid dienone is 6. The summed E-state index contributed by atoms with van der Waals surface area (Å²) in [5.74, 6) is 0.695. The van der Waals surface area contributed by atoms with Crippen molar-refractivity contribution in [2.24, 2.45) is 4.99 Å². The largest absolute Gasteiger partial charge is 0.236 e. The molecule has 0 fully saturated rings. The topological polar surface area (TPSA) is 25.2 Å². The summed E-state index contributed by atoms with van der Waals surface area (Å²) >= 11 is 0. The zero-order chi connectivity index (χ0) is 37.2. The first-order valence-corrected chi connectivity index (χ1v) is 17.7. The molecule has 1 aromatic heterocycles. The SMILES string of the molecule is C=Cc1cnc(N=C(C)/C=C(/c2cc(C(=C)/C=C\c3ccccc3C)cc(/C(C)=C/C=c3/ccccc3=C)c2)c2ccccc2C)c(C)c1/C=C\C. The van der Waals surface area contributed by atoms with Crippen LogP contribution >= 0.6 is 0 Å². The van der Waals surface area contributed by atoms with Crippen molar-refractivity contribution >= 4 is 59.1 Å². The first-order chi connectivity index (χ1) is 25.1. The summed E-state index contributed by atoms with van der Waals surface area (Å²) in [5.41, 5.74) is 15.0. The maximum atomic E-state index is 5.06. The van der Waals surface area contributed by atoms with E-state index in [1.807, 2.05) is 50.4 Å². The minimum Gasteiger partial charge on any atom is -0.236 e. The van der Waals surface area contributed by atoms with E-state index >= 15 is 0 Å². The van der Waals surface area contributed by atoms with Gasteiger partial charge in [-0.15, -0.1) is 0 Å². The maximum Gasteiger partial charge on any atom is 0.155 e. The van der Waals surface area contributed by atoms with Gasteiger partial charge in [-0.1, -0.05) is 135 Å². The third kappa shape index (κ3) is 8.96. The van der Waals surface area contributed by atoms with Crippen molar-refractivity contribution < 1.29 is 0 Å². The molecule has 2 nitrogen and oxygen atoms in total. The highest BCUT2D eigenvalue weighted by molar-refractivity contribution is 6.04. The molecule has 1 heterocycles. The van der Waals surface area contributed by atoms with Gasteiger partial charge in [0.15, 0.2) is 5.82 Å². The molecular weight excluding hydrogens is 629 g/mol.